The zero-order valence-corrected chi connectivity index (χ0v) is 17.4. The molecule has 1 atom stereocenters. The molecule has 2 aliphatic rings. The summed E-state index contributed by atoms with van der Waals surface area (Å²) in [4.78, 5) is 29.5. The number of carbonyl (C=O) groups excluding carboxylic acids is 2. The number of amides is 2. The van der Waals surface area contributed by atoms with Crippen molar-refractivity contribution in [3.05, 3.63) is 53.6 Å². The van der Waals surface area contributed by atoms with E-state index in [2.05, 4.69) is 11.4 Å². The van der Waals surface area contributed by atoms with Gasteiger partial charge >= 0.3 is 0 Å². The first-order valence-electron chi connectivity index (χ1n) is 10.2. The van der Waals surface area contributed by atoms with E-state index in [-0.39, 0.29) is 18.4 Å². The number of carbonyl (C=O) groups is 2. The van der Waals surface area contributed by atoms with Crippen molar-refractivity contribution in [2.24, 2.45) is 0 Å². The summed E-state index contributed by atoms with van der Waals surface area (Å²) in [5, 5.41) is 2.98. The third-order valence-corrected chi connectivity index (χ3v) is 5.30. The molecule has 2 aliphatic heterocycles. The Kier molecular flexibility index (Phi) is 5.90. The van der Waals surface area contributed by atoms with Gasteiger partial charge in [-0.1, -0.05) is 18.2 Å². The summed E-state index contributed by atoms with van der Waals surface area (Å²) >= 11 is 0. The second-order valence-electron chi connectivity index (χ2n) is 7.82. The first-order chi connectivity index (χ1) is 14.5. The Morgan fingerprint density at radius 2 is 1.77 bits per heavy atom. The quantitative estimate of drug-likeness (QED) is 0.840. The molecule has 0 bridgehead atoms. The van der Waals surface area contributed by atoms with Crippen molar-refractivity contribution in [2.75, 3.05) is 49.6 Å². The SMILES string of the molecule is Cc1cc(C)cc(NC(=O)CN2C[C@H](C(=O)N3CCOCC3)Oc3ccccc32)c1. The number of morpholine rings is 1. The highest BCUT2D eigenvalue weighted by atomic mass is 16.5. The summed E-state index contributed by atoms with van der Waals surface area (Å²) in [6.07, 6.45) is -0.646. The van der Waals surface area contributed by atoms with Crippen molar-refractivity contribution in [2.45, 2.75) is 20.0 Å². The fraction of sp³-hybridized carbons (Fsp3) is 0.391. The van der Waals surface area contributed by atoms with Crippen LogP contribution in [0.4, 0.5) is 11.4 Å². The maximum absolute atomic E-state index is 13.0. The van der Waals surface area contributed by atoms with Gasteiger partial charge in [-0.05, 0) is 49.2 Å². The Bertz CT molecular complexity index is 920. The van der Waals surface area contributed by atoms with Crippen LogP contribution in [0.3, 0.4) is 0 Å². The minimum absolute atomic E-state index is 0.0625. The molecule has 0 spiro atoms. The lowest BCUT2D eigenvalue weighted by molar-refractivity contribution is -0.142. The van der Waals surface area contributed by atoms with Crippen molar-refractivity contribution >= 4 is 23.2 Å². The molecule has 0 unspecified atom stereocenters. The van der Waals surface area contributed by atoms with Gasteiger partial charge in [0.05, 0.1) is 32.0 Å². The Morgan fingerprint density at radius 1 is 1.07 bits per heavy atom. The molecule has 1 N–H and O–H groups in total. The number of ether oxygens (including phenoxy) is 2. The lowest BCUT2D eigenvalue weighted by Crippen LogP contribution is -2.53. The van der Waals surface area contributed by atoms with Crippen LogP contribution in [0.1, 0.15) is 11.1 Å². The van der Waals surface area contributed by atoms with E-state index in [4.69, 9.17) is 9.47 Å². The highest BCUT2D eigenvalue weighted by Gasteiger charge is 2.34. The molecule has 1 saturated heterocycles. The molecule has 0 saturated carbocycles. The number of rotatable bonds is 4. The lowest BCUT2D eigenvalue weighted by Gasteiger charge is -2.38. The summed E-state index contributed by atoms with van der Waals surface area (Å²) in [5.74, 6) is 0.427. The lowest BCUT2D eigenvalue weighted by atomic mass is 10.1. The van der Waals surface area contributed by atoms with E-state index in [9.17, 15) is 9.59 Å². The molecular formula is C23H27N3O4. The van der Waals surface area contributed by atoms with Crippen molar-refractivity contribution in [1.82, 2.24) is 4.90 Å². The van der Waals surface area contributed by atoms with Crippen molar-refractivity contribution in [3.63, 3.8) is 0 Å². The van der Waals surface area contributed by atoms with Crippen LogP contribution in [0.5, 0.6) is 5.75 Å². The highest BCUT2D eigenvalue weighted by molar-refractivity contribution is 5.95. The van der Waals surface area contributed by atoms with Gasteiger partial charge in [0.1, 0.15) is 5.75 Å². The molecule has 0 aromatic heterocycles. The Balaban J connectivity index is 1.49. The van der Waals surface area contributed by atoms with E-state index in [0.29, 0.717) is 38.6 Å². The predicted molar refractivity (Wildman–Crippen MR) is 115 cm³/mol. The third-order valence-electron chi connectivity index (χ3n) is 5.30. The zero-order chi connectivity index (χ0) is 21.1. The molecule has 158 valence electrons. The van der Waals surface area contributed by atoms with Crippen molar-refractivity contribution < 1.29 is 19.1 Å². The minimum atomic E-state index is -0.646. The van der Waals surface area contributed by atoms with E-state index in [0.717, 1.165) is 22.5 Å². The molecule has 0 radical (unpaired) electrons. The first-order valence-corrected chi connectivity index (χ1v) is 10.2. The average molecular weight is 409 g/mol. The monoisotopic (exact) mass is 409 g/mol. The second-order valence-corrected chi connectivity index (χ2v) is 7.82. The molecule has 2 amide bonds. The number of anilines is 2. The van der Waals surface area contributed by atoms with E-state index in [1.807, 2.05) is 55.1 Å². The summed E-state index contributed by atoms with van der Waals surface area (Å²) in [6, 6.07) is 13.5. The molecule has 7 heteroatoms. The van der Waals surface area contributed by atoms with Crippen molar-refractivity contribution in [3.8, 4) is 5.75 Å². The second kappa shape index (κ2) is 8.75. The van der Waals surface area contributed by atoms with Gasteiger partial charge in [-0.25, -0.2) is 0 Å². The Morgan fingerprint density at radius 3 is 2.50 bits per heavy atom. The van der Waals surface area contributed by atoms with E-state index in [1.54, 1.807) is 4.90 Å². The topological polar surface area (TPSA) is 71.1 Å². The van der Waals surface area contributed by atoms with Gasteiger partial charge in [0, 0.05) is 18.8 Å². The molecule has 2 heterocycles. The van der Waals surface area contributed by atoms with Crippen LogP contribution in [0.25, 0.3) is 0 Å². The fourth-order valence-electron chi connectivity index (χ4n) is 3.99. The van der Waals surface area contributed by atoms with Gasteiger partial charge in [-0.3, -0.25) is 9.59 Å². The highest BCUT2D eigenvalue weighted by Crippen LogP contribution is 2.33. The molecule has 0 aliphatic carbocycles. The largest absolute Gasteiger partial charge is 0.477 e. The normalized spacial score (nSPS) is 18.4. The maximum atomic E-state index is 13.0. The van der Waals surface area contributed by atoms with Crippen LogP contribution in [0.2, 0.25) is 0 Å². The van der Waals surface area contributed by atoms with Crippen LogP contribution in [-0.2, 0) is 14.3 Å². The first kappa shape index (κ1) is 20.2. The van der Waals surface area contributed by atoms with E-state index in [1.165, 1.54) is 0 Å². The molecule has 7 nitrogen and oxygen atoms in total. The van der Waals surface area contributed by atoms with Crippen LogP contribution in [0.15, 0.2) is 42.5 Å². The van der Waals surface area contributed by atoms with Gasteiger partial charge in [-0.15, -0.1) is 0 Å². The van der Waals surface area contributed by atoms with Gasteiger partial charge in [0.25, 0.3) is 5.91 Å². The number of fused-ring (bicyclic) bond motifs is 1. The molecule has 30 heavy (non-hydrogen) atoms. The van der Waals surface area contributed by atoms with Gasteiger partial charge in [0.15, 0.2) is 6.10 Å². The minimum Gasteiger partial charge on any atom is -0.477 e. The van der Waals surface area contributed by atoms with Crippen LogP contribution in [-0.4, -0.2) is 62.2 Å². The predicted octanol–water partition coefficient (Wildman–Crippen LogP) is 2.37. The zero-order valence-electron chi connectivity index (χ0n) is 17.4. The van der Waals surface area contributed by atoms with Gasteiger partial charge in [-0.2, -0.15) is 0 Å². The molecular weight excluding hydrogens is 382 g/mol. The average Bonchev–Trinajstić information content (AvgIpc) is 2.73. The molecule has 2 aromatic carbocycles. The number of nitrogens with one attached hydrogen (secondary N) is 1. The Hall–Kier alpha value is -3.06. The number of nitrogens with zero attached hydrogens (tertiary/aromatic N) is 2. The molecule has 4 rings (SSSR count). The number of hydrogen-bond donors (Lipinski definition) is 1. The standard InChI is InChI=1S/C23H27N3O4/c1-16-11-17(2)13-18(12-16)24-22(27)15-26-14-21(23(28)25-7-9-29-10-8-25)30-20-6-4-3-5-19(20)26/h3-6,11-13,21H,7-10,14-15H2,1-2H3,(H,24,27)/t21-/m1/s1. The number of hydrogen-bond acceptors (Lipinski definition) is 5. The van der Waals surface area contributed by atoms with Crippen molar-refractivity contribution in [1.29, 1.82) is 0 Å². The fourth-order valence-corrected chi connectivity index (χ4v) is 3.99. The summed E-state index contributed by atoms with van der Waals surface area (Å²) in [6.45, 7) is 6.67. The van der Waals surface area contributed by atoms with Crippen LogP contribution >= 0.6 is 0 Å². The molecule has 2 aromatic rings. The summed E-state index contributed by atoms with van der Waals surface area (Å²) < 4.78 is 11.3. The van der Waals surface area contributed by atoms with Gasteiger partial charge < -0.3 is 24.6 Å². The summed E-state index contributed by atoms with van der Waals surface area (Å²) in [7, 11) is 0. The van der Waals surface area contributed by atoms with Gasteiger partial charge in [0.2, 0.25) is 5.91 Å². The number of benzene rings is 2. The van der Waals surface area contributed by atoms with E-state index >= 15 is 0 Å². The van der Waals surface area contributed by atoms with Crippen LogP contribution < -0.4 is 15.0 Å². The number of aryl methyl sites for hydroxylation is 2. The summed E-state index contributed by atoms with van der Waals surface area (Å²) in [5.41, 5.74) is 3.79. The van der Waals surface area contributed by atoms with Crippen LogP contribution in [0, 0.1) is 13.8 Å². The molecule has 1 fully saturated rings. The number of para-hydroxylation sites is 2. The third kappa shape index (κ3) is 4.57. The Labute approximate surface area is 176 Å². The smallest absolute Gasteiger partial charge is 0.265 e. The maximum Gasteiger partial charge on any atom is 0.265 e. The van der Waals surface area contributed by atoms with E-state index < -0.39 is 6.10 Å².